The van der Waals surface area contributed by atoms with Crippen molar-refractivity contribution in [1.82, 2.24) is 5.32 Å². The first kappa shape index (κ1) is 13.8. The Labute approximate surface area is 94.5 Å². The largest absolute Gasteiger partial charge is 0.391 e. The monoisotopic (exact) mass is 239 g/mol. The van der Waals surface area contributed by atoms with Crippen molar-refractivity contribution in [3.8, 4) is 0 Å². The van der Waals surface area contributed by atoms with Gasteiger partial charge in [0, 0.05) is 6.04 Å². The van der Waals surface area contributed by atoms with E-state index in [0.717, 1.165) is 32.2 Å². The maximum absolute atomic E-state index is 11.9. The van der Waals surface area contributed by atoms with E-state index >= 15 is 0 Å². The number of rotatable bonds is 5. The van der Waals surface area contributed by atoms with E-state index < -0.39 is 12.6 Å². The summed E-state index contributed by atoms with van der Waals surface area (Å²) < 4.78 is 41.0. The van der Waals surface area contributed by atoms with Crippen molar-refractivity contribution < 1.29 is 17.9 Å². The van der Waals surface area contributed by atoms with Crippen molar-refractivity contribution in [2.45, 2.75) is 57.3 Å². The van der Waals surface area contributed by atoms with Crippen molar-refractivity contribution in [1.29, 1.82) is 0 Å². The van der Waals surface area contributed by atoms with Crippen LogP contribution in [0.2, 0.25) is 0 Å². The Bertz CT molecular complexity index is 194. The summed E-state index contributed by atoms with van der Waals surface area (Å²) in [5.74, 6) is 0. The topological polar surface area (TPSA) is 21.3 Å². The van der Waals surface area contributed by atoms with Crippen molar-refractivity contribution >= 4 is 0 Å². The third kappa shape index (κ3) is 5.70. The van der Waals surface area contributed by atoms with Crippen LogP contribution in [-0.2, 0) is 4.74 Å². The molecule has 1 aliphatic rings. The summed E-state index contributed by atoms with van der Waals surface area (Å²) in [5, 5.41) is 3.32. The van der Waals surface area contributed by atoms with Gasteiger partial charge in [-0.05, 0) is 32.2 Å². The molecule has 1 aliphatic carbocycles. The van der Waals surface area contributed by atoms with E-state index in [2.05, 4.69) is 5.32 Å². The number of ether oxygens (including phenoxy) is 1. The highest BCUT2D eigenvalue weighted by molar-refractivity contribution is 4.78. The molecule has 0 heterocycles. The molecular weight excluding hydrogens is 219 g/mol. The minimum atomic E-state index is -4.10. The third-order valence-electron chi connectivity index (χ3n) is 2.86. The summed E-state index contributed by atoms with van der Waals surface area (Å²) in [6.45, 7) is 2.74. The van der Waals surface area contributed by atoms with Crippen molar-refractivity contribution in [3.63, 3.8) is 0 Å². The number of alkyl halides is 3. The zero-order valence-electron chi connectivity index (χ0n) is 9.65. The van der Waals surface area contributed by atoms with E-state index in [0.29, 0.717) is 6.04 Å². The van der Waals surface area contributed by atoms with E-state index in [1.807, 2.05) is 6.92 Å². The second-order valence-electron chi connectivity index (χ2n) is 4.28. The lowest BCUT2D eigenvalue weighted by Gasteiger charge is -2.29. The molecule has 2 nitrogen and oxygen atoms in total. The van der Waals surface area contributed by atoms with E-state index in [1.54, 1.807) is 0 Å². The molecule has 0 amide bonds. The van der Waals surface area contributed by atoms with Gasteiger partial charge in [-0.25, -0.2) is 0 Å². The highest BCUT2D eigenvalue weighted by Crippen LogP contribution is 2.24. The minimum Gasteiger partial charge on any atom is -0.378 e. The second kappa shape index (κ2) is 6.45. The van der Waals surface area contributed by atoms with Gasteiger partial charge in [-0.15, -0.1) is 0 Å². The Kier molecular flexibility index (Phi) is 5.55. The Morgan fingerprint density at radius 2 is 2.06 bits per heavy atom. The molecule has 1 fully saturated rings. The SMILES string of the molecule is CCNC1CCCC(OCCC(F)(F)F)C1. The van der Waals surface area contributed by atoms with Crippen LogP contribution in [0.4, 0.5) is 13.2 Å². The number of nitrogens with one attached hydrogen (secondary N) is 1. The number of halogens is 3. The first-order valence-corrected chi connectivity index (χ1v) is 5.93. The fraction of sp³-hybridized carbons (Fsp3) is 1.00. The molecule has 0 aromatic rings. The van der Waals surface area contributed by atoms with Gasteiger partial charge < -0.3 is 10.1 Å². The summed E-state index contributed by atoms with van der Waals surface area (Å²) >= 11 is 0. The van der Waals surface area contributed by atoms with E-state index in [-0.39, 0.29) is 12.7 Å². The normalized spacial score (nSPS) is 27.0. The molecule has 0 bridgehead atoms. The van der Waals surface area contributed by atoms with Gasteiger partial charge >= 0.3 is 6.18 Å². The quantitative estimate of drug-likeness (QED) is 0.796. The molecule has 0 aliphatic heterocycles. The maximum Gasteiger partial charge on any atom is 0.391 e. The molecule has 16 heavy (non-hydrogen) atoms. The van der Waals surface area contributed by atoms with Crippen LogP contribution in [0.15, 0.2) is 0 Å². The Morgan fingerprint density at radius 3 is 2.69 bits per heavy atom. The van der Waals surface area contributed by atoms with Crippen LogP contribution in [0.1, 0.15) is 39.0 Å². The van der Waals surface area contributed by atoms with Crippen LogP contribution in [0, 0.1) is 0 Å². The van der Waals surface area contributed by atoms with E-state index in [4.69, 9.17) is 4.74 Å². The zero-order valence-corrected chi connectivity index (χ0v) is 9.65. The third-order valence-corrected chi connectivity index (χ3v) is 2.86. The van der Waals surface area contributed by atoms with Gasteiger partial charge in [0.1, 0.15) is 0 Å². The van der Waals surface area contributed by atoms with Crippen LogP contribution in [-0.4, -0.2) is 31.5 Å². The molecule has 1 N–H and O–H groups in total. The summed E-state index contributed by atoms with van der Waals surface area (Å²) in [7, 11) is 0. The summed E-state index contributed by atoms with van der Waals surface area (Å²) in [5.41, 5.74) is 0. The lowest BCUT2D eigenvalue weighted by atomic mass is 9.93. The van der Waals surface area contributed by atoms with E-state index in [9.17, 15) is 13.2 Å². The molecule has 0 spiro atoms. The summed E-state index contributed by atoms with van der Waals surface area (Å²) in [4.78, 5) is 0. The molecule has 5 heteroatoms. The highest BCUT2D eigenvalue weighted by Gasteiger charge is 2.28. The Balaban J connectivity index is 2.16. The highest BCUT2D eigenvalue weighted by atomic mass is 19.4. The fourth-order valence-corrected chi connectivity index (χ4v) is 2.11. The predicted molar refractivity (Wildman–Crippen MR) is 56.3 cm³/mol. The Hall–Kier alpha value is -0.290. The minimum absolute atomic E-state index is 0.000139. The van der Waals surface area contributed by atoms with Crippen molar-refractivity contribution in [3.05, 3.63) is 0 Å². The molecule has 0 saturated heterocycles. The van der Waals surface area contributed by atoms with Gasteiger partial charge in [0.25, 0.3) is 0 Å². The summed E-state index contributed by atoms with van der Waals surface area (Å²) in [6.07, 6.45) is -1.07. The van der Waals surface area contributed by atoms with Crippen LogP contribution < -0.4 is 5.32 Å². The smallest absolute Gasteiger partial charge is 0.378 e. The first-order valence-electron chi connectivity index (χ1n) is 5.93. The first-order chi connectivity index (χ1) is 7.51. The molecule has 0 aromatic carbocycles. The lowest BCUT2D eigenvalue weighted by molar-refractivity contribution is -0.150. The van der Waals surface area contributed by atoms with Gasteiger partial charge in [-0.1, -0.05) is 6.92 Å². The second-order valence-corrected chi connectivity index (χ2v) is 4.28. The molecule has 2 unspecified atom stereocenters. The zero-order chi connectivity index (χ0) is 12.0. The van der Waals surface area contributed by atoms with Gasteiger partial charge in [-0.3, -0.25) is 0 Å². The number of hydrogen-bond acceptors (Lipinski definition) is 2. The molecular formula is C11H20F3NO. The average Bonchev–Trinajstić information content (AvgIpc) is 2.17. The van der Waals surface area contributed by atoms with Crippen LogP contribution >= 0.6 is 0 Å². The Morgan fingerprint density at radius 1 is 1.31 bits per heavy atom. The maximum atomic E-state index is 11.9. The molecule has 1 saturated carbocycles. The van der Waals surface area contributed by atoms with Gasteiger partial charge in [0.15, 0.2) is 0 Å². The van der Waals surface area contributed by atoms with Gasteiger partial charge in [0.2, 0.25) is 0 Å². The fourth-order valence-electron chi connectivity index (χ4n) is 2.11. The molecule has 0 aromatic heterocycles. The van der Waals surface area contributed by atoms with E-state index in [1.165, 1.54) is 0 Å². The standard InChI is InChI=1S/C11H20F3NO/c1-2-15-9-4-3-5-10(8-9)16-7-6-11(12,13)14/h9-10,15H,2-8H2,1H3. The predicted octanol–water partition coefficient (Wildman–Crippen LogP) is 2.88. The van der Waals surface area contributed by atoms with Crippen molar-refractivity contribution in [2.75, 3.05) is 13.2 Å². The van der Waals surface area contributed by atoms with Crippen LogP contribution in [0.5, 0.6) is 0 Å². The van der Waals surface area contributed by atoms with Crippen LogP contribution in [0.25, 0.3) is 0 Å². The van der Waals surface area contributed by atoms with Crippen molar-refractivity contribution in [2.24, 2.45) is 0 Å². The van der Waals surface area contributed by atoms with Gasteiger partial charge in [0.05, 0.1) is 19.1 Å². The van der Waals surface area contributed by atoms with Crippen LogP contribution in [0.3, 0.4) is 0 Å². The molecule has 96 valence electrons. The summed E-state index contributed by atoms with van der Waals surface area (Å²) in [6, 6.07) is 0.412. The molecule has 1 rings (SSSR count). The van der Waals surface area contributed by atoms with Gasteiger partial charge in [-0.2, -0.15) is 13.2 Å². The lowest BCUT2D eigenvalue weighted by Crippen LogP contribution is -2.37. The molecule has 0 radical (unpaired) electrons. The number of hydrogen-bond donors (Lipinski definition) is 1. The average molecular weight is 239 g/mol. The molecule has 2 atom stereocenters.